The molecule has 0 aliphatic rings. The molecule has 3 nitrogen and oxygen atoms in total. The van der Waals surface area contributed by atoms with E-state index in [1.165, 1.54) is 6.07 Å². The summed E-state index contributed by atoms with van der Waals surface area (Å²) in [5.41, 5.74) is 3.44. The van der Waals surface area contributed by atoms with E-state index in [4.69, 9.17) is 10.5 Å². The summed E-state index contributed by atoms with van der Waals surface area (Å²) >= 11 is 0. The van der Waals surface area contributed by atoms with Crippen LogP contribution in [-0.4, -0.2) is 0 Å². The van der Waals surface area contributed by atoms with Gasteiger partial charge in [0.05, 0.1) is 22.8 Å². The molecule has 0 saturated carbocycles. The molecule has 0 heterocycles. The van der Waals surface area contributed by atoms with Gasteiger partial charge in [0.25, 0.3) is 0 Å². The fourth-order valence-electron chi connectivity index (χ4n) is 2.00. The first kappa shape index (κ1) is 12.4. The molecule has 88 valence electrons. The van der Waals surface area contributed by atoms with E-state index in [0.29, 0.717) is 16.7 Å². The third kappa shape index (κ3) is 2.16. The van der Waals surface area contributed by atoms with Crippen LogP contribution in [0.3, 0.4) is 0 Å². The Morgan fingerprint density at radius 2 is 1.58 bits per heavy atom. The molecular weight excluding hydrogens is 234 g/mol. The first-order valence-corrected chi connectivity index (χ1v) is 5.65. The van der Waals surface area contributed by atoms with Gasteiger partial charge >= 0.3 is 0 Å². The zero-order valence-corrected chi connectivity index (χ0v) is 10.3. The van der Waals surface area contributed by atoms with Gasteiger partial charge in [0, 0.05) is 5.56 Å². The van der Waals surface area contributed by atoms with E-state index >= 15 is 0 Å². The summed E-state index contributed by atoms with van der Waals surface area (Å²) in [7, 11) is 0. The van der Waals surface area contributed by atoms with Crippen molar-refractivity contribution in [1.29, 1.82) is 15.8 Å². The molecule has 0 unspecified atom stereocenters. The van der Waals surface area contributed by atoms with Crippen LogP contribution in [0, 0.1) is 40.9 Å². The van der Waals surface area contributed by atoms with Crippen molar-refractivity contribution < 1.29 is 0 Å². The van der Waals surface area contributed by atoms with Crippen molar-refractivity contribution in [3.8, 4) is 29.3 Å². The number of hydrogen-bond donors (Lipinski definition) is 0. The highest BCUT2D eigenvalue weighted by atomic mass is 14.3. The quantitative estimate of drug-likeness (QED) is 0.771. The zero-order chi connectivity index (χ0) is 13.8. The predicted octanol–water partition coefficient (Wildman–Crippen LogP) is 3.28. The van der Waals surface area contributed by atoms with Gasteiger partial charge < -0.3 is 0 Å². The van der Waals surface area contributed by atoms with Gasteiger partial charge in [-0.05, 0) is 30.2 Å². The maximum Gasteiger partial charge on any atom is 0.101 e. The van der Waals surface area contributed by atoms with Crippen LogP contribution in [0.15, 0.2) is 36.4 Å². The molecule has 0 N–H and O–H groups in total. The third-order valence-electron chi connectivity index (χ3n) is 2.93. The largest absolute Gasteiger partial charge is 0.192 e. The molecule has 0 amide bonds. The Kier molecular flexibility index (Phi) is 3.29. The van der Waals surface area contributed by atoms with E-state index in [-0.39, 0.29) is 5.56 Å². The molecule has 19 heavy (non-hydrogen) atoms. The molecule has 3 heteroatoms. The number of hydrogen-bond acceptors (Lipinski definition) is 3. The number of nitriles is 3. The highest BCUT2D eigenvalue weighted by Gasteiger charge is 2.13. The van der Waals surface area contributed by atoms with Crippen molar-refractivity contribution in [2.75, 3.05) is 0 Å². The molecule has 0 radical (unpaired) electrons. The van der Waals surface area contributed by atoms with Crippen LogP contribution in [0.1, 0.15) is 22.3 Å². The first-order chi connectivity index (χ1) is 9.21. The smallest absolute Gasteiger partial charge is 0.101 e. The van der Waals surface area contributed by atoms with Gasteiger partial charge in [-0.25, -0.2) is 0 Å². The van der Waals surface area contributed by atoms with Crippen LogP contribution in [0.4, 0.5) is 0 Å². The highest BCUT2D eigenvalue weighted by molar-refractivity contribution is 5.77. The average Bonchev–Trinajstić information content (AvgIpc) is 2.46. The van der Waals surface area contributed by atoms with E-state index in [1.807, 2.05) is 43.3 Å². The lowest BCUT2D eigenvalue weighted by Gasteiger charge is -2.09. The number of rotatable bonds is 1. The van der Waals surface area contributed by atoms with Crippen molar-refractivity contribution in [2.45, 2.75) is 6.92 Å². The lowest BCUT2D eigenvalue weighted by atomic mass is 9.92. The third-order valence-corrected chi connectivity index (χ3v) is 2.93. The second-order valence-corrected chi connectivity index (χ2v) is 4.10. The summed E-state index contributed by atoms with van der Waals surface area (Å²) in [5, 5.41) is 27.4. The Balaban J connectivity index is 2.85. The van der Waals surface area contributed by atoms with Crippen LogP contribution < -0.4 is 0 Å². The topological polar surface area (TPSA) is 71.4 Å². The minimum Gasteiger partial charge on any atom is -0.192 e. The van der Waals surface area contributed by atoms with E-state index in [2.05, 4.69) is 6.07 Å². The molecule has 0 spiro atoms. The molecule has 0 atom stereocenters. The van der Waals surface area contributed by atoms with Gasteiger partial charge in [-0.15, -0.1) is 0 Å². The highest BCUT2D eigenvalue weighted by Crippen LogP contribution is 2.29. The maximum atomic E-state index is 9.26. The second-order valence-electron chi connectivity index (χ2n) is 4.10. The van der Waals surface area contributed by atoms with E-state index in [0.717, 1.165) is 11.1 Å². The van der Waals surface area contributed by atoms with E-state index < -0.39 is 0 Å². The van der Waals surface area contributed by atoms with Crippen molar-refractivity contribution in [1.82, 2.24) is 0 Å². The SMILES string of the molecule is Cc1ccccc1-c1cc(C#N)cc(C#N)c1C#N. The summed E-state index contributed by atoms with van der Waals surface area (Å²) in [6.07, 6.45) is 0. The maximum absolute atomic E-state index is 9.26. The van der Waals surface area contributed by atoms with E-state index in [1.54, 1.807) is 6.07 Å². The Labute approximate surface area is 111 Å². The molecule has 0 aliphatic heterocycles. The van der Waals surface area contributed by atoms with Crippen molar-refractivity contribution >= 4 is 0 Å². The zero-order valence-electron chi connectivity index (χ0n) is 10.3. The van der Waals surface area contributed by atoms with E-state index in [9.17, 15) is 5.26 Å². The van der Waals surface area contributed by atoms with Crippen LogP contribution in [0.25, 0.3) is 11.1 Å². The lowest BCUT2D eigenvalue weighted by Crippen LogP contribution is -1.93. The molecule has 2 aromatic carbocycles. The average molecular weight is 243 g/mol. The molecule has 0 saturated heterocycles. The summed E-state index contributed by atoms with van der Waals surface area (Å²) < 4.78 is 0. The second kappa shape index (κ2) is 5.05. The molecule has 0 aromatic heterocycles. The Bertz CT molecular complexity index is 768. The van der Waals surface area contributed by atoms with Crippen LogP contribution >= 0.6 is 0 Å². The summed E-state index contributed by atoms with van der Waals surface area (Å²) in [6.45, 7) is 1.93. The fourth-order valence-corrected chi connectivity index (χ4v) is 2.00. The minimum absolute atomic E-state index is 0.236. The summed E-state index contributed by atoms with van der Waals surface area (Å²) in [5.74, 6) is 0. The van der Waals surface area contributed by atoms with Gasteiger partial charge in [0.1, 0.15) is 12.1 Å². The molecule has 0 fully saturated rings. The molecule has 2 aromatic rings. The number of benzene rings is 2. The predicted molar refractivity (Wildman–Crippen MR) is 70.8 cm³/mol. The van der Waals surface area contributed by atoms with Gasteiger partial charge in [-0.1, -0.05) is 24.3 Å². The number of aryl methyl sites for hydroxylation is 1. The Morgan fingerprint density at radius 3 is 2.16 bits per heavy atom. The molecule has 0 aliphatic carbocycles. The van der Waals surface area contributed by atoms with Crippen LogP contribution in [0.2, 0.25) is 0 Å². The normalized spacial score (nSPS) is 9.16. The van der Waals surface area contributed by atoms with Gasteiger partial charge in [0.15, 0.2) is 0 Å². The van der Waals surface area contributed by atoms with Crippen LogP contribution in [-0.2, 0) is 0 Å². The van der Waals surface area contributed by atoms with Gasteiger partial charge in [-0.3, -0.25) is 0 Å². The fraction of sp³-hybridized carbons (Fsp3) is 0.0625. The van der Waals surface area contributed by atoms with Crippen molar-refractivity contribution in [3.05, 3.63) is 58.7 Å². The van der Waals surface area contributed by atoms with Crippen molar-refractivity contribution in [2.24, 2.45) is 0 Å². The molecular formula is C16H9N3. The summed E-state index contributed by atoms with van der Waals surface area (Å²) in [6, 6.07) is 16.8. The molecule has 0 bridgehead atoms. The Hall–Kier alpha value is -3.09. The number of nitrogens with zero attached hydrogens (tertiary/aromatic N) is 3. The van der Waals surface area contributed by atoms with Gasteiger partial charge in [0.2, 0.25) is 0 Å². The van der Waals surface area contributed by atoms with Gasteiger partial charge in [-0.2, -0.15) is 15.8 Å². The standard InChI is InChI=1S/C16H9N3/c1-11-4-2-3-5-14(11)15-7-12(8-17)6-13(9-18)16(15)10-19/h2-7H,1H3. The first-order valence-electron chi connectivity index (χ1n) is 5.65. The minimum atomic E-state index is 0.236. The van der Waals surface area contributed by atoms with Crippen molar-refractivity contribution in [3.63, 3.8) is 0 Å². The molecule has 2 rings (SSSR count). The summed E-state index contributed by atoms with van der Waals surface area (Å²) in [4.78, 5) is 0. The monoisotopic (exact) mass is 243 g/mol. The Morgan fingerprint density at radius 1 is 0.842 bits per heavy atom. The lowest BCUT2D eigenvalue weighted by molar-refractivity contribution is 1.39. The van der Waals surface area contributed by atoms with Crippen LogP contribution in [0.5, 0.6) is 0 Å².